The molecule has 0 aromatic rings. The van der Waals surface area contributed by atoms with Crippen LogP contribution in [0.2, 0.25) is 0 Å². The highest BCUT2D eigenvalue weighted by molar-refractivity contribution is 6.34. The molecule has 96 valence electrons. The van der Waals surface area contributed by atoms with Crippen LogP contribution in [0.5, 0.6) is 0 Å². The van der Waals surface area contributed by atoms with E-state index in [9.17, 15) is 9.59 Å². The van der Waals surface area contributed by atoms with Crippen molar-refractivity contribution in [3.63, 3.8) is 0 Å². The van der Waals surface area contributed by atoms with E-state index in [0.29, 0.717) is 13.1 Å². The minimum absolute atomic E-state index is 0.414. The minimum atomic E-state index is -0.425. The van der Waals surface area contributed by atoms with Crippen molar-refractivity contribution in [1.82, 2.24) is 9.80 Å². The maximum absolute atomic E-state index is 11.5. The Hall–Kier alpha value is -1.06. The fourth-order valence-corrected chi connectivity index (χ4v) is 0.967. The van der Waals surface area contributed by atoms with E-state index in [1.54, 1.807) is 14.1 Å². The van der Waals surface area contributed by atoms with Crippen LogP contribution in [0.4, 0.5) is 0 Å². The largest absolute Gasteiger partial charge is 0.338 e. The molecule has 0 heterocycles. The van der Waals surface area contributed by atoms with Crippen molar-refractivity contribution in [3.05, 3.63) is 0 Å². The molecular weight excluding hydrogens is 204 g/mol. The normalized spacial score (nSPS) is 8.88. The Balaban J connectivity index is 0. The van der Waals surface area contributed by atoms with Crippen molar-refractivity contribution in [3.8, 4) is 0 Å². The number of carbonyl (C=O) groups is 2. The van der Waals surface area contributed by atoms with Gasteiger partial charge in [-0.05, 0) is 13.3 Å². The first-order valence-electron chi connectivity index (χ1n) is 6.05. The van der Waals surface area contributed by atoms with E-state index in [-0.39, 0.29) is 0 Å². The molecule has 0 aliphatic heterocycles. The molecule has 0 aliphatic rings. The maximum Gasteiger partial charge on any atom is 0.311 e. The Labute approximate surface area is 99.6 Å². The van der Waals surface area contributed by atoms with Gasteiger partial charge < -0.3 is 9.80 Å². The van der Waals surface area contributed by atoms with Gasteiger partial charge in [-0.2, -0.15) is 0 Å². The third-order valence-corrected chi connectivity index (χ3v) is 2.20. The molecule has 0 saturated carbocycles. The number of carbonyl (C=O) groups excluding carboxylic acids is 2. The summed E-state index contributed by atoms with van der Waals surface area (Å²) in [6.45, 7) is 9.11. The lowest BCUT2D eigenvalue weighted by Crippen LogP contribution is -2.42. The van der Waals surface area contributed by atoms with Crippen LogP contribution in [-0.4, -0.2) is 48.8 Å². The van der Waals surface area contributed by atoms with Crippen LogP contribution in [0.15, 0.2) is 0 Å². The van der Waals surface area contributed by atoms with Gasteiger partial charge in [0.2, 0.25) is 0 Å². The van der Waals surface area contributed by atoms with Crippen molar-refractivity contribution in [2.45, 2.75) is 40.5 Å². The first-order chi connectivity index (χ1) is 7.54. The number of hydrogen-bond acceptors (Lipinski definition) is 2. The molecule has 0 spiro atoms. The topological polar surface area (TPSA) is 40.6 Å². The molecule has 2 amide bonds. The quantitative estimate of drug-likeness (QED) is 0.690. The van der Waals surface area contributed by atoms with E-state index in [4.69, 9.17) is 0 Å². The summed E-state index contributed by atoms with van der Waals surface area (Å²) in [5, 5.41) is 0. The number of hydrogen-bond donors (Lipinski definition) is 0. The first kappa shape index (κ1) is 17.3. The number of nitrogens with zero attached hydrogens (tertiary/aromatic N) is 2. The molecule has 0 saturated heterocycles. The fourth-order valence-electron chi connectivity index (χ4n) is 0.967. The van der Waals surface area contributed by atoms with Gasteiger partial charge in [0.1, 0.15) is 0 Å². The van der Waals surface area contributed by atoms with Gasteiger partial charge in [-0.15, -0.1) is 0 Å². The van der Waals surface area contributed by atoms with E-state index in [1.807, 2.05) is 20.8 Å². The molecule has 0 N–H and O–H groups in total. The number of rotatable bonds is 4. The molecule has 16 heavy (non-hydrogen) atoms. The predicted octanol–water partition coefficient (Wildman–Crippen LogP) is 1.75. The molecule has 0 aromatic heterocycles. The SMILES string of the molecule is CC.CCCCN(C)C(=O)C(=O)N(C)CC. The van der Waals surface area contributed by atoms with E-state index in [2.05, 4.69) is 6.92 Å². The summed E-state index contributed by atoms with van der Waals surface area (Å²) in [7, 11) is 3.30. The number of likely N-dealkylation sites (N-methyl/N-ethyl adjacent to an activating group) is 2. The van der Waals surface area contributed by atoms with Gasteiger partial charge in [-0.25, -0.2) is 0 Å². The van der Waals surface area contributed by atoms with Crippen molar-refractivity contribution in [2.75, 3.05) is 27.2 Å². The van der Waals surface area contributed by atoms with Crippen molar-refractivity contribution in [2.24, 2.45) is 0 Å². The van der Waals surface area contributed by atoms with Gasteiger partial charge in [0.25, 0.3) is 0 Å². The number of amides is 2. The molecule has 0 radical (unpaired) electrons. The second-order valence-corrected chi connectivity index (χ2v) is 3.40. The van der Waals surface area contributed by atoms with Crippen LogP contribution in [0.25, 0.3) is 0 Å². The lowest BCUT2D eigenvalue weighted by Gasteiger charge is -2.20. The third-order valence-electron chi connectivity index (χ3n) is 2.20. The lowest BCUT2D eigenvalue weighted by molar-refractivity contribution is -0.150. The summed E-state index contributed by atoms with van der Waals surface area (Å²) in [4.78, 5) is 25.8. The molecule has 0 rings (SSSR count). The highest BCUT2D eigenvalue weighted by Gasteiger charge is 2.20. The molecule has 0 fully saturated rings. The maximum atomic E-state index is 11.5. The standard InChI is InChI=1S/C10H20N2O2.C2H6/c1-5-7-8-12(4)10(14)9(13)11(3)6-2;1-2/h5-8H2,1-4H3;1-2H3. The summed E-state index contributed by atoms with van der Waals surface area (Å²) in [6, 6.07) is 0. The monoisotopic (exact) mass is 230 g/mol. The minimum Gasteiger partial charge on any atom is -0.338 e. The second kappa shape index (κ2) is 10.5. The van der Waals surface area contributed by atoms with Gasteiger partial charge in [0.15, 0.2) is 0 Å². The van der Waals surface area contributed by atoms with Crippen molar-refractivity contribution < 1.29 is 9.59 Å². The Morgan fingerprint density at radius 2 is 1.38 bits per heavy atom. The van der Waals surface area contributed by atoms with Gasteiger partial charge in [-0.1, -0.05) is 27.2 Å². The molecule has 0 bridgehead atoms. The molecule has 4 heteroatoms. The van der Waals surface area contributed by atoms with Crippen LogP contribution >= 0.6 is 0 Å². The Bertz CT molecular complexity index is 205. The summed E-state index contributed by atoms with van der Waals surface area (Å²) in [5.41, 5.74) is 0. The predicted molar refractivity (Wildman–Crippen MR) is 67.2 cm³/mol. The number of unbranched alkanes of at least 4 members (excludes halogenated alkanes) is 1. The third kappa shape index (κ3) is 6.43. The zero-order valence-corrected chi connectivity index (χ0v) is 11.5. The van der Waals surface area contributed by atoms with Crippen molar-refractivity contribution in [1.29, 1.82) is 0 Å². The highest BCUT2D eigenvalue weighted by Crippen LogP contribution is 1.95. The zero-order valence-electron chi connectivity index (χ0n) is 11.5. The van der Waals surface area contributed by atoms with Crippen LogP contribution in [0.3, 0.4) is 0 Å². The Morgan fingerprint density at radius 1 is 0.938 bits per heavy atom. The molecule has 0 aromatic carbocycles. The van der Waals surface area contributed by atoms with Crippen LogP contribution in [-0.2, 0) is 9.59 Å². The fraction of sp³-hybridized carbons (Fsp3) is 0.833. The van der Waals surface area contributed by atoms with Gasteiger partial charge in [-0.3, -0.25) is 9.59 Å². The van der Waals surface area contributed by atoms with E-state index >= 15 is 0 Å². The average Bonchev–Trinajstić information content (AvgIpc) is 2.35. The van der Waals surface area contributed by atoms with Gasteiger partial charge >= 0.3 is 11.8 Å². The zero-order chi connectivity index (χ0) is 13.1. The van der Waals surface area contributed by atoms with E-state index in [1.165, 1.54) is 9.80 Å². The van der Waals surface area contributed by atoms with Crippen molar-refractivity contribution >= 4 is 11.8 Å². The molecular formula is C12H26N2O2. The molecule has 4 nitrogen and oxygen atoms in total. The summed E-state index contributed by atoms with van der Waals surface area (Å²) < 4.78 is 0. The Morgan fingerprint density at radius 3 is 1.75 bits per heavy atom. The Kier molecular flexibility index (Phi) is 11.3. The molecule has 0 unspecified atom stereocenters. The van der Waals surface area contributed by atoms with E-state index < -0.39 is 11.8 Å². The molecule has 0 aliphatic carbocycles. The summed E-state index contributed by atoms with van der Waals surface area (Å²) in [5.74, 6) is -0.839. The summed E-state index contributed by atoms with van der Waals surface area (Å²) in [6.07, 6.45) is 1.96. The van der Waals surface area contributed by atoms with Gasteiger partial charge in [0.05, 0.1) is 0 Å². The van der Waals surface area contributed by atoms with Gasteiger partial charge in [0, 0.05) is 27.2 Å². The van der Waals surface area contributed by atoms with Crippen LogP contribution in [0, 0.1) is 0 Å². The highest BCUT2D eigenvalue weighted by atomic mass is 16.2. The van der Waals surface area contributed by atoms with E-state index in [0.717, 1.165) is 12.8 Å². The average molecular weight is 230 g/mol. The smallest absolute Gasteiger partial charge is 0.311 e. The lowest BCUT2D eigenvalue weighted by atomic mass is 10.3. The first-order valence-corrected chi connectivity index (χ1v) is 6.05. The summed E-state index contributed by atoms with van der Waals surface area (Å²) >= 11 is 0. The molecule has 0 atom stereocenters. The van der Waals surface area contributed by atoms with Crippen LogP contribution in [0.1, 0.15) is 40.5 Å². The van der Waals surface area contributed by atoms with Crippen LogP contribution < -0.4 is 0 Å². The second-order valence-electron chi connectivity index (χ2n) is 3.40.